The summed E-state index contributed by atoms with van der Waals surface area (Å²) < 4.78 is 13.8. The van der Waals surface area contributed by atoms with Gasteiger partial charge in [0.15, 0.2) is 5.96 Å². The Hall–Kier alpha value is -1.38. The maximum atomic E-state index is 13.8. The monoisotopic (exact) mass is 490 g/mol. The highest BCUT2D eigenvalue weighted by Gasteiger charge is 2.42. The molecule has 0 saturated heterocycles. The predicted molar refractivity (Wildman–Crippen MR) is 119 cm³/mol. The molecule has 1 fully saturated rings. The number of rotatable bonds is 5. The van der Waals surface area contributed by atoms with Crippen LogP contribution in [-0.4, -0.2) is 44.5 Å². The number of hydrogen-bond acceptors (Lipinski definition) is 2. The normalized spacial score (nSPS) is 17.0. The van der Waals surface area contributed by atoms with Crippen molar-refractivity contribution in [1.82, 2.24) is 15.5 Å². The number of carbonyl (C=O) groups is 1. The standard InChI is InChI=1S/C20H31FN4O.HI/c1-14-8-9-16(12-17(14)21)15(2)24-19(22-3)23-13-20(10-6-7-11-20)18(26)25(4)5;/h8-9,12,15H,6-7,10-11,13H2,1-5H3,(H2,22,23,24);1H. The molecule has 1 aromatic rings. The van der Waals surface area contributed by atoms with Crippen molar-refractivity contribution >= 4 is 35.8 Å². The van der Waals surface area contributed by atoms with Crippen LogP contribution in [0.3, 0.4) is 0 Å². The van der Waals surface area contributed by atoms with E-state index in [0.717, 1.165) is 31.2 Å². The van der Waals surface area contributed by atoms with Crippen LogP contribution in [0.25, 0.3) is 0 Å². The average molecular weight is 490 g/mol. The van der Waals surface area contributed by atoms with Gasteiger partial charge in [0, 0.05) is 27.7 Å². The van der Waals surface area contributed by atoms with E-state index in [1.807, 2.05) is 27.1 Å². The van der Waals surface area contributed by atoms with Gasteiger partial charge in [-0.2, -0.15) is 0 Å². The molecule has 0 spiro atoms. The van der Waals surface area contributed by atoms with Crippen molar-refractivity contribution in [3.63, 3.8) is 0 Å². The molecule has 0 bridgehead atoms. The van der Waals surface area contributed by atoms with Gasteiger partial charge in [0.25, 0.3) is 0 Å². The minimum Gasteiger partial charge on any atom is -0.355 e. The van der Waals surface area contributed by atoms with Gasteiger partial charge in [-0.25, -0.2) is 4.39 Å². The van der Waals surface area contributed by atoms with Crippen molar-refractivity contribution < 1.29 is 9.18 Å². The Kier molecular flexibility index (Phi) is 8.98. The molecule has 27 heavy (non-hydrogen) atoms. The number of benzene rings is 1. The quantitative estimate of drug-likeness (QED) is 0.377. The summed E-state index contributed by atoms with van der Waals surface area (Å²) in [5, 5.41) is 6.60. The van der Waals surface area contributed by atoms with Crippen LogP contribution < -0.4 is 10.6 Å². The second-order valence-electron chi connectivity index (χ2n) is 7.49. The van der Waals surface area contributed by atoms with Gasteiger partial charge in [-0.05, 0) is 43.9 Å². The van der Waals surface area contributed by atoms with Crippen LogP contribution in [0.1, 0.15) is 49.8 Å². The highest BCUT2D eigenvalue weighted by molar-refractivity contribution is 14.0. The number of guanidine groups is 1. The van der Waals surface area contributed by atoms with Crippen molar-refractivity contribution in [1.29, 1.82) is 0 Å². The first-order valence-corrected chi connectivity index (χ1v) is 9.24. The van der Waals surface area contributed by atoms with E-state index in [1.54, 1.807) is 31.0 Å². The van der Waals surface area contributed by atoms with E-state index in [4.69, 9.17) is 0 Å². The van der Waals surface area contributed by atoms with Gasteiger partial charge in [0.1, 0.15) is 5.82 Å². The Balaban J connectivity index is 0.00000364. The van der Waals surface area contributed by atoms with Crippen molar-refractivity contribution in [2.24, 2.45) is 10.4 Å². The van der Waals surface area contributed by atoms with Crippen LogP contribution in [0.2, 0.25) is 0 Å². The fourth-order valence-corrected chi connectivity index (χ4v) is 3.61. The molecule has 1 aromatic carbocycles. The van der Waals surface area contributed by atoms with Crippen LogP contribution in [0.4, 0.5) is 4.39 Å². The van der Waals surface area contributed by atoms with E-state index in [1.165, 1.54) is 0 Å². The van der Waals surface area contributed by atoms with Crippen LogP contribution in [0.5, 0.6) is 0 Å². The third kappa shape index (κ3) is 5.80. The highest BCUT2D eigenvalue weighted by Crippen LogP contribution is 2.38. The Morgan fingerprint density at radius 1 is 1.33 bits per heavy atom. The number of amides is 1. The summed E-state index contributed by atoms with van der Waals surface area (Å²) >= 11 is 0. The Morgan fingerprint density at radius 2 is 1.96 bits per heavy atom. The lowest BCUT2D eigenvalue weighted by Crippen LogP contribution is -2.49. The minimum atomic E-state index is -0.361. The molecule has 7 heteroatoms. The fourth-order valence-electron chi connectivity index (χ4n) is 3.61. The molecule has 0 aliphatic heterocycles. The summed E-state index contributed by atoms with van der Waals surface area (Å²) in [5.41, 5.74) is 1.13. The molecule has 0 radical (unpaired) electrons. The number of aliphatic imine (C=N–C) groups is 1. The van der Waals surface area contributed by atoms with Gasteiger partial charge in [0.2, 0.25) is 5.91 Å². The molecular weight excluding hydrogens is 458 g/mol. The Labute approximate surface area is 179 Å². The second-order valence-corrected chi connectivity index (χ2v) is 7.49. The zero-order valence-corrected chi connectivity index (χ0v) is 19.3. The topological polar surface area (TPSA) is 56.7 Å². The van der Waals surface area contributed by atoms with E-state index in [9.17, 15) is 9.18 Å². The van der Waals surface area contributed by atoms with Crippen molar-refractivity contribution in [3.8, 4) is 0 Å². The predicted octanol–water partition coefficient (Wildman–Crippen LogP) is 3.63. The van der Waals surface area contributed by atoms with Crippen LogP contribution in [0, 0.1) is 18.2 Å². The number of nitrogens with zero attached hydrogens (tertiary/aromatic N) is 2. The summed E-state index contributed by atoms with van der Waals surface area (Å²) in [5.74, 6) is 0.587. The molecule has 1 saturated carbocycles. The zero-order chi connectivity index (χ0) is 19.3. The Morgan fingerprint density at radius 3 is 2.48 bits per heavy atom. The van der Waals surface area contributed by atoms with Crippen LogP contribution in [0.15, 0.2) is 23.2 Å². The lowest BCUT2D eigenvalue weighted by atomic mass is 9.84. The summed E-state index contributed by atoms with van der Waals surface area (Å²) in [6, 6.07) is 5.15. The molecule has 0 heterocycles. The molecule has 1 atom stereocenters. The first-order valence-electron chi connectivity index (χ1n) is 9.24. The van der Waals surface area contributed by atoms with Crippen LogP contribution >= 0.6 is 24.0 Å². The highest BCUT2D eigenvalue weighted by atomic mass is 127. The molecule has 2 rings (SSSR count). The van der Waals surface area contributed by atoms with Gasteiger partial charge < -0.3 is 15.5 Å². The van der Waals surface area contributed by atoms with Crippen LogP contribution in [-0.2, 0) is 4.79 Å². The maximum absolute atomic E-state index is 13.8. The molecule has 1 unspecified atom stereocenters. The van der Waals surface area contributed by atoms with Gasteiger partial charge >= 0.3 is 0 Å². The summed E-state index contributed by atoms with van der Waals surface area (Å²) in [6.45, 7) is 4.27. The molecule has 1 aliphatic carbocycles. The zero-order valence-electron chi connectivity index (χ0n) is 16.9. The van der Waals surface area contributed by atoms with Crippen molar-refractivity contribution in [3.05, 3.63) is 35.1 Å². The molecule has 5 nitrogen and oxygen atoms in total. The second kappa shape index (κ2) is 10.2. The minimum absolute atomic E-state index is 0. The van der Waals surface area contributed by atoms with Crippen molar-refractivity contribution in [2.45, 2.75) is 45.6 Å². The first kappa shape index (κ1) is 23.7. The van der Waals surface area contributed by atoms with Gasteiger partial charge in [-0.1, -0.05) is 25.0 Å². The molecule has 0 aromatic heterocycles. The molecule has 1 aliphatic rings. The van der Waals surface area contributed by atoms with Gasteiger partial charge in [0.05, 0.1) is 11.5 Å². The Bertz CT molecular complexity index is 672. The fraction of sp³-hybridized carbons (Fsp3) is 0.600. The third-order valence-electron chi connectivity index (χ3n) is 5.29. The number of halogens is 2. The number of nitrogens with one attached hydrogen (secondary N) is 2. The maximum Gasteiger partial charge on any atom is 0.230 e. The van der Waals surface area contributed by atoms with E-state index < -0.39 is 0 Å². The molecule has 1 amide bonds. The van der Waals surface area contributed by atoms with E-state index >= 15 is 0 Å². The summed E-state index contributed by atoms with van der Waals surface area (Å²) in [6.07, 6.45) is 3.94. The molecular formula is C20H32FIN4O. The van der Waals surface area contributed by atoms with E-state index in [0.29, 0.717) is 18.1 Å². The molecule has 2 N–H and O–H groups in total. The largest absolute Gasteiger partial charge is 0.355 e. The number of carbonyl (C=O) groups excluding carboxylic acids is 1. The lowest BCUT2D eigenvalue weighted by molar-refractivity contribution is -0.138. The SMILES string of the molecule is CN=C(NCC1(C(=O)N(C)C)CCCC1)NC(C)c1ccc(C)c(F)c1.I. The summed E-state index contributed by atoms with van der Waals surface area (Å²) in [4.78, 5) is 18.6. The number of hydrogen-bond donors (Lipinski definition) is 2. The average Bonchev–Trinajstić information content (AvgIpc) is 3.10. The van der Waals surface area contributed by atoms with Crippen molar-refractivity contribution in [2.75, 3.05) is 27.7 Å². The smallest absolute Gasteiger partial charge is 0.230 e. The summed E-state index contributed by atoms with van der Waals surface area (Å²) in [7, 11) is 5.32. The van der Waals surface area contributed by atoms with Gasteiger partial charge in [-0.15, -0.1) is 24.0 Å². The third-order valence-corrected chi connectivity index (χ3v) is 5.29. The van der Waals surface area contributed by atoms with E-state index in [-0.39, 0.29) is 47.2 Å². The lowest BCUT2D eigenvalue weighted by Gasteiger charge is -2.31. The van der Waals surface area contributed by atoms with E-state index in [2.05, 4.69) is 15.6 Å². The van der Waals surface area contributed by atoms with Gasteiger partial charge in [-0.3, -0.25) is 9.79 Å². The first-order chi connectivity index (χ1) is 12.3. The number of aryl methyl sites for hydroxylation is 1. The molecule has 152 valence electrons.